The van der Waals surface area contributed by atoms with E-state index < -0.39 is 0 Å². The summed E-state index contributed by atoms with van der Waals surface area (Å²) in [5.74, 6) is 0.948. The lowest BCUT2D eigenvalue weighted by Crippen LogP contribution is -2.04. The standard InChI is InChI=1S/C17H17BrN2O.C3H6O2/c1-3-12-6-4-5-7-17(12)21-11-16-14-10-13(18)8-9-15(14)19-20(16)2;1-2-5-3-4/h4-10H,3,11H2,1-2H3;3H,2H2,1H3. The number of ether oxygens (including phenoxy) is 2. The molecule has 2 aromatic carbocycles. The van der Waals surface area contributed by atoms with Crippen molar-refractivity contribution in [3.05, 3.63) is 58.2 Å². The van der Waals surface area contributed by atoms with E-state index in [2.05, 4.69) is 44.8 Å². The van der Waals surface area contributed by atoms with Crippen LogP contribution in [-0.4, -0.2) is 22.9 Å². The van der Waals surface area contributed by atoms with Gasteiger partial charge in [0.15, 0.2) is 0 Å². The number of carbonyl (C=O) groups is 1. The van der Waals surface area contributed by atoms with Crippen LogP contribution in [0.4, 0.5) is 0 Å². The summed E-state index contributed by atoms with van der Waals surface area (Å²) in [6, 6.07) is 14.3. The number of carbonyl (C=O) groups excluding carboxylic acids is 1. The third-order valence-electron chi connectivity index (χ3n) is 3.87. The first-order valence-corrected chi connectivity index (χ1v) is 9.27. The van der Waals surface area contributed by atoms with Crippen LogP contribution >= 0.6 is 15.9 Å². The summed E-state index contributed by atoms with van der Waals surface area (Å²) in [5.41, 5.74) is 3.30. The van der Waals surface area contributed by atoms with Crippen molar-refractivity contribution in [1.82, 2.24) is 9.78 Å². The Balaban J connectivity index is 0.000000431. The Morgan fingerprint density at radius 2 is 1.96 bits per heavy atom. The fourth-order valence-corrected chi connectivity index (χ4v) is 2.91. The molecule has 6 heteroatoms. The van der Waals surface area contributed by atoms with Crippen LogP contribution in [0.25, 0.3) is 10.9 Å². The van der Waals surface area contributed by atoms with Crippen molar-refractivity contribution in [2.24, 2.45) is 7.05 Å². The highest BCUT2D eigenvalue weighted by Gasteiger charge is 2.11. The minimum atomic E-state index is 0.431. The Morgan fingerprint density at radius 1 is 1.19 bits per heavy atom. The Kier molecular flexibility index (Phi) is 7.66. The zero-order valence-electron chi connectivity index (χ0n) is 15.2. The number of aromatic nitrogens is 2. The van der Waals surface area contributed by atoms with Gasteiger partial charge < -0.3 is 9.47 Å². The van der Waals surface area contributed by atoms with E-state index in [-0.39, 0.29) is 0 Å². The molecule has 3 rings (SSSR count). The van der Waals surface area contributed by atoms with Crippen LogP contribution in [0.5, 0.6) is 5.75 Å². The number of hydrogen-bond donors (Lipinski definition) is 0. The summed E-state index contributed by atoms with van der Waals surface area (Å²) in [6.45, 7) is 5.32. The van der Waals surface area contributed by atoms with E-state index in [1.807, 2.05) is 42.1 Å². The molecule has 138 valence electrons. The lowest BCUT2D eigenvalue weighted by Gasteiger charge is -2.10. The van der Waals surface area contributed by atoms with Crippen LogP contribution in [0, 0.1) is 0 Å². The fourth-order valence-electron chi connectivity index (χ4n) is 2.54. The zero-order valence-corrected chi connectivity index (χ0v) is 16.8. The van der Waals surface area contributed by atoms with Gasteiger partial charge in [-0.15, -0.1) is 0 Å². The van der Waals surface area contributed by atoms with Gasteiger partial charge in [0.25, 0.3) is 6.47 Å². The molecule has 0 N–H and O–H groups in total. The van der Waals surface area contributed by atoms with E-state index in [9.17, 15) is 4.79 Å². The highest BCUT2D eigenvalue weighted by atomic mass is 79.9. The monoisotopic (exact) mass is 418 g/mol. The second kappa shape index (κ2) is 9.97. The SMILES string of the molecule is CCOC=O.CCc1ccccc1OCc1c2cc(Br)ccc2nn1C. The van der Waals surface area contributed by atoms with Crippen molar-refractivity contribution in [3.63, 3.8) is 0 Å². The molecule has 3 aromatic rings. The molecule has 0 radical (unpaired) electrons. The highest BCUT2D eigenvalue weighted by Crippen LogP contribution is 2.25. The van der Waals surface area contributed by atoms with Crippen molar-refractivity contribution in [1.29, 1.82) is 0 Å². The number of hydrogen-bond acceptors (Lipinski definition) is 4. The summed E-state index contributed by atoms with van der Waals surface area (Å²) in [7, 11) is 1.96. The lowest BCUT2D eigenvalue weighted by atomic mass is 10.1. The molecule has 0 bridgehead atoms. The molecule has 0 saturated carbocycles. The lowest BCUT2D eigenvalue weighted by molar-refractivity contribution is -0.128. The Hall–Kier alpha value is -2.34. The maximum absolute atomic E-state index is 9.18. The molecule has 0 spiro atoms. The van der Waals surface area contributed by atoms with Gasteiger partial charge in [-0.1, -0.05) is 41.1 Å². The van der Waals surface area contributed by atoms with Crippen LogP contribution in [-0.2, 0) is 29.6 Å². The summed E-state index contributed by atoms with van der Waals surface area (Å²) in [6.07, 6.45) is 0.966. The van der Waals surface area contributed by atoms with Gasteiger partial charge in [0, 0.05) is 16.9 Å². The highest BCUT2D eigenvalue weighted by molar-refractivity contribution is 9.10. The molecule has 0 atom stereocenters. The minimum Gasteiger partial charge on any atom is -0.487 e. The second-order valence-electron chi connectivity index (χ2n) is 5.53. The Labute approximate surface area is 162 Å². The predicted molar refractivity (Wildman–Crippen MR) is 106 cm³/mol. The molecule has 1 heterocycles. The number of nitrogens with zero attached hydrogens (tertiary/aromatic N) is 2. The predicted octanol–water partition coefficient (Wildman–Crippen LogP) is 4.66. The quantitative estimate of drug-likeness (QED) is 0.546. The summed E-state index contributed by atoms with van der Waals surface area (Å²) in [4.78, 5) is 9.18. The fraction of sp³-hybridized carbons (Fsp3) is 0.300. The largest absolute Gasteiger partial charge is 0.487 e. The van der Waals surface area contributed by atoms with Crippen LogP contribution in [0.2, 0.25) is 0 Å². The van der Waals surface area contributed by atoms with Crippen LogP contribution in [0.3, 0.4) is 0 Å². The maximum atomic E-state index is 9.18. The van der Waals surface area contributed by atoms with Crippen molar-refractivity contribution in [2.45, 2.75) is 26.9 Å². The average molecular weight is 419 g/mol. The van der Waals surface area contributed by atoms with Gasteiger partial charge in [0.05, 0.1) is 17.8 Å². The summed E-state index contributed by atoms with van der Waals surface area (Å²) < 4.78 is 13.1. The number of aryl methyl sites for hydroxylation is 2. The second-order valence-corrected chi connectivity index (χ2v) is 6.45. The van der Waals surface area contributed by atoms with Crippen molar-refractivity contribution in [3.8, 4) is 5.75 Å². The van der Waals surface area contributed by atoms with Gasteiger partial charge >= 0.3 is 0 Å². The Bertz CT molecular complexity index is 861. The molecule has 0 fully saturated rings. The molecule has 26 heavy (non-hydrogen) atoms. The molecule has 0 amide bonds. The number of fused-ring (bicyclic) bond motifs is 1. The Morgan fingerprint density at radius 3 is 2.62 bits per heavy atom. The third kappa shape index (κ3) is 5.08. The molecule has 5 nitrogen and oxygen atoms in total. The van der Waals surface area contributed by atoms with E-state index in [0.29, 0.717) is 19.7 Å². The van der Waals surface area contributed by atoms with Crippen LogP contribution < -0.4 is 4.74 Å². The molecule has 0 saturated heterocycles. The first-order chi connectivity index (χ1) is 12.6. The van der Waals surface area contributed by atoms with Gasteiger partial charge in [-0.2, -0.15) is 5.10 Å². The van der Waals surface area contributed by atoms with Gasteiger partial charge in [0.1, 0.15) is 12.4 Å². The van der Waals surface area contributed by atoms with Gasteiger partial charge in [-0.3, -0.25) is 9.48 Å². The number of halogens is 1. The zero-order chi connectivity index (χ0) is 18.9. The molecule has 0 aliphatic heterocycles. The third-order valence-corrected chi connectivity index (χ3v) is 4.36. The van der Waals surface area contributed by atoms with Crippen LogP contribution in [0.1, 0.15) is 25.1 Å². The first-order valence-electron chi connectivity index (χ1n) is 8.47. The van der Waals surface area contributed by atoms with E-state index in [1.54, 1.807) is 6.92 Å². The normalized spacial score (nSPS) is 10.2. The molecule has 0 aliphatic carbocycles. The average Bonchev–Trinajstić information content (AvgIpc) is 2.96. The molecule has 0 unspecified atom stereocenters. The summed E-state index contributed by atoms with van der Waals surface area (Å²) >= 11 is 3.52. The van der Waals surface area contributed by atoms with Crippen molar-refractivity contribution >= 4 is 33.3 Å². The maximum Gasteiger partial charge on any atom is 0.293 e. The first kappa shape index (κ1) is 20.0. The summed E-state index contributed by atoms with van der Waals surface area (Å²) in [5, 5.41) is 5.65. The molecular weight excluding hydrogens is 396 g/mol. The van der Waals surface area contributed by atoms with Crippen LogP contribution in [0.15, 0.2) is 46.9 Å². The number of benzene rings is 2. The van der Waals surface area contributed by atoms with E-state index in [4.69, 9.17) is 4.74 Å². The van der Waals surface area contributed by atoms with Crippen molar-refractivity contribution < 1.29 is 14.3 Å². The van der Waals surface area contributed by atoms with Gasteiger partial charge in [0.2, 0.25) is 0 Å². The van der Waals surface area contributed by atoms with Gasteiger partial charge in [-0.05, 0) is 43.2 Å². The molecule has 1 aromatic heterocycles. The van der Waals surface area contributed by atoms with Gasteiger partial charge in [-0.25, -0.2) is 0 Å². The van der Waals surface area contributed by atoms with E-state index >= 15 is 0 Å². The number of para-hydroxylation sites is 1. The van der Waals surface area contributed by atoms with Crippen molar-refractivity contribution in [2.75, 3.05) is 6.61 Å². The van der Waals surface area contributed by atoms with E-state index in [0.717, 1.165) is 33.2 Å². The molecular formula is C20H23BrN2O3. The molecule has 0 aliphatic rings. The topological polar surface area (TPSA) is 53.4 Å². The smallest absolute Gasteiger partial charge is 0.293 e. The minimum absolute atomic E-state index is 0.431. The van der Waals surface area contributed by atoms with E-state index in [1.165, 1.54) is 5.56 Å². The number of rotatable bonds is 6.